The molecule has 0 heterocycles. The number of benzene rings is 8. The molecule has 2 amide bonds. The summed E-state index contributed by atoms with van der Waals surface area (Å²) in [6.07, 6.45) is 0.118. The first kappa shape index (κ1) is 58.6. The van der Waals surface area contributed by atoms with Crippen LogP contribution in [0.3, 0.4) is 0 Å². The molecule has 0 saturated carbocycles. The number of aliphatic carboxylic acids is 1. The molecule has 78 heavy (non-hydrogen) atoms. The molecule has 5 N–H and O–H groups in total. The van der Waals surface area contributed by atoms with Gasteiger partial charge in [0.25, 0.3) is 0 Å². The lowest BCUT2D eigenvalue weighted by atomic mass is 9.81. The molecule has 11 heteroatoms. The average Bonchev–Trinajstić information content (AvgIpc) is 3.79. The zero-order valence-corrected chi connectivity index (χ0v) is 47.3. The SMILES string of the molecule is CC(C)(C)CC(C)(C)NC(=O)[C@@H](N)CSC(c1ccccc1)(c1ccccc1)c1ccccc1.Cl.O=C(N[C@@H](CSC(c1ccccc1)(c1ccccc1)c1ccccc1)C(=O)O)OCC1c2ccccc2-c2ccccc21. The number of carbonyl (C=O) groups excluding carboxylic acids is 2. The molecule has 1 aliphatic rings. The summed E-state index contributed by atoms with van der Waals surface area (Å²) in [6, 6.07) is 76.0. The number of rotatable bonds is 19. The van der Waals surface area contributed by atoms with E-state index in [0.29, 0.717) is 5.75 Å². The van der Waals surface area contributed by atoms with Crippen molar-refractivity contribution in [3.63, 3.8) is 0 Å². The van der Waals surface area contributed by atoms with Gasteiger partial charge in [-0.3, -0.25) is 4.79 Å². The van der Waals surface area contributed by atoms with E-state index in [1.54, 1.807) is 11.8 Å². The van der Waals surface area contributed by atoms with Crippen molar-refractivity contribution in [2.75, 3.05) is 18.1 Å². The Labute approximate surface area is 475 Å². The fraction of sp³-hybridized carbons (Fsp3) is 0.239. The number of carboxylic acids is 1. The second kappa shape index (κ2) is 26.5. The van der Waals surface area contributed by atoms with Gasteiger partial charge >= 0.3 is 12.1 Å². The second-order valence-corrected chi connectivity index (χ2v) is 23.7. The number of ether oxygens (including phenoxy) is 1. The zero-order chi connectivity index (χ0) is 54.5. The third-order valence-corrected chi connectivity index (χ3v) is 17.0. The van der Waals surface area contributed by atoms with E-state index >= 15 is 0 Å². The lowest BCUT2D eigenvalue weighted by molar-refractivity contribution is -0.138. The molecule has 8 aromatic carbocycles. The number of thioether (sulfide) groups is 2. The van der Waals surface area contributed by atoms with Crippen LogP contribution in [0.25, 0.3) is 11.1 Å². The highest BCUT2D eigenvalue weighted by Gasteiger charge is 2.40. The smallest absolute Gasteiger partial charge is 0.407 e. The Morgan fingerprint density at radius 3 is 1.17 bits per heavy atom. The van der Waals surface area contributed by atoms with Crippen molar-refractivity contribution < 1.29 is 24.2 Å². The van der Waals surface area contributed by atoms with Crippen molar-refractivity contribution in [1.29, 1.82) is 0 Å². The number of amides is 2. The Balaban J connectivity index is 0.000000230. The number of fused-ring (bicyclic) bond motifs is 3. The summed E-state index contributed by atoms with van der Waals surface area (Å²) in [7, 11) is 0. The van der Waals surface area contributed by atoms with E-state index in [1.165, 1.54) is 11.8 Å². The first-order chi connectivity index (χ1) is 37.1. The van der Waals surface area contributed by atoms with E-state index in [1.807, 2.05) is 109 Å². The van der Waals surface area contributed by atoms with Crippen molar-refractivity contribution in [3.8, 4) is 11.1 Å². The Morgan fingerprint density at radius 2 is 0.833 bits per heavy atom. The lowest BCUT2D eigenvalue weighted by Crippen LogP contribution is -2.52. The summed E-state index contributed by atoms with van der Waals surface area (Å²) in [5, 5.41) is 16.0. The van der Waals surface area contributed by atoms with Crippen LogP contribution < -0.4 is 16.4 Å². The molecule has 1 aliphatic carbocycles. The van der Waals surface area contributed by atoms with Crippen LogP contribution in [0.4, 0.5) is 4.79 Å². The molecule has 8 nitrogen and oxygen atoms in total. The van der Waals surface area contributed by atoms with Crippen molar-refractivity contribution in [3.05, 3.63) is 275 Å². The third kappa shape index (κ3) is 14.0. The van der Waals surface area contributed by atoms with Crippen molar-refractivity contribution in [2.24, 2.45) is 11.1 Å². The minimum absolute atomic E-state index is 0. The number of nitrogens with two attached hydrogens (primary N) is 1. The van der Waals surface area contributed by atoms with Gasteiger partial charge in [-0.25, -0.2) is 9.59 Å². The van der Waals surface area contributed by atoms with Gasteiger partial charge in [-0.05, 0) is 81.3 Å². The number of nitrogens with one attached hydrogen (secondary N) is 2. The average molecular weight is 1100 g/mol. The van der Waals surface area contributed by atoms with Crippen LogP contribution in [0.5, 0.6) is 0 Å². The number of alkyl carbamates (subject to hydrolysis) is 1. The molecule has 0 bridgehead atoms. The van der Waals surface area contributed by atoms with E-state index in [4.69, 9.17) is 10.5 Å². The molecule has 0 radical (unpaired) electrons. The molecule has 402 valence electrons. The van der Waals surface area contributed by atoms with Gasteiger partial charge in [0.1, 0.15) is 12.6 Å². The van der Waals surface area contributed by atoms with Gasteiger partial charge in [-0.2, -0.15) is 0 Å². The quantitative estimate of drug-likeness (QED) is 0.0589. The van der Waals surface area contributed by atoms with E-state index in [0.717, 1.165) is 62.1 Å². The number of halogens is 1. The second-order valence-electron chi connectivity index (χ2n) is 21.3. The predicted octanol–water partition coefficient (Wildman–Crippen LogP) is 14.5. The van der Waals surface area contributed by atoms with Gasteiger partial charge in [0, 0.05) is 23.0 Å². The van der Waals surface area contributed by atoms with Crippen LogP contribution in [-0.4, -0.2) is 58.8 Å². The van der Waals surface area contributed by atoms with Crippen LogP contribution in [0, 0.1) is 5.41 Å². The van der Waals surface area contributed by atoms with E-state index in [-0.39, 0.29) is 47.5 Å². The first-order valence-corrected chi connectivity index (χ1v) is 28.1. The highest BCUT2D eigenvalue weighted by Crippen LogP contribution is 2.50. The minimum atomic E-state index is -1.17. The molecule has 0 aliphatic heterocycles. The van der Waals surface area contributed by atoms with Gasteiger partial charge in [0.05, 0.1) is 15.5 Å². The van der Waals surface area contributed by atoms with E-state index < -0.39 is 33.6 Å². The summed E-state index contributed by atoms with van der Waals surface area (Å²) in [5.41, 5.74) is 17.3. The number of hydrogen-bond acceptors (Lipinski definition) is 7. The van der Waals surface area contributed by atoms with E-state index in [2.05, 4.69) is 167 Å². The molecular formula is C67H70ClN3O5S2. The van der Waals surface area contributed by atoms with Crippen molar-refractivity contribution in [1.82, 2.24) is 10.6 Å². The number of carbonyl (C=O) groups is 3. The topological polar surface area (TPSA) is 131 Å². The maximum absolute atomic E-state index is 13.1. The highest BCUT2D eigenvalue weighted by atomic mass is 35.5. The number of hydrogen-bond donors (Lipinski definition) is 4. The third-order valence-electron chi connectivity index (χ3n) is 13.7. The Bertz CT molecular complexity index is 2940. The Hall–Kier alpha value is -7.08. The predicted molar refractivity (Wildman–Crippen MR) is 324 cm³/mol. The summed E-state index contributed by atoms with van der Waals surface area (Å²) in [5.74, 6) is -0.749. The Morgan fingerprint density at radius 1 is 0.513 bits per heavy atom. The normalized spacial score (nSPS) is 13.0. The van der Waals surface area contributed by atoms with Crippen LogP contribution in [-0.2, 0) is 23.8 Å². The molecule has 2 atom stereocenters. The van der Waals surface area contributed by atoms with Crippen molar-refractivity contribution >= 4 is 53.9 Å². The first-order valence-electron chi connectivity index (χ1n) is 26.1. The van der Waals surface area contributed by atoms with Gasteiger partial charge < -0.3 is 26.2 Å². The maximum atomic E-state index is 13.1. The fourth-order valence-corrected chi connectivity index (χ4v) is 13.8. The standard InChI is InChI=1S/C37H31NO4S.C30H38N2OS.ClH/c39-35(40)34(38-36(41)42-24-33-31-22-12-10-20-29(31)30-21-11-13-23-32(30)33)25-43-37(26-14-4-1-5-15-26,27-16-6-2-7-17-27)28-18-8-3-9-19-28;1-28(2,3)22-29(4,5)32-27(33)26(31)21-34-30(23-15-9-6-10-16-23,24-17-11-7-12-18-24)25-19-13-8-14-20-25;/h1-23,33-34H,24-25H2,(H,38,41)(H,39,40);6-20,26H,21-22,31H2,1-5H3,(H,32,33);1H/t34-;26-;/m00./s1. The van der Waals surface area contributed by atoms with Crippen molar-refractivity contribution in [2.45, 2.75) is 74.1 Å². The van der Waals surface area contributed by atoms with Gasteiger partial charge in [0.15, 0.2) is 0 Å². The molecule has 9 rings (SSSR count). The lowest BCUT2D eigenvalue weighted by Gasteiger charge is -2.37. The van der Waals surface area contributed by atoms with Crippen LogP contribution in [0.15, 0.2) is 231 Å². The highest BCUT2D eigenvalue weighted by molar-refractivity contribution is 8.01. The summed E-state index contributed by atoms with van der Waals surface area (Å²) < 4.78 is 4.49. The zero-order valence-electron chi connectivity index (χ0n) is 44.9. The molecule has 0 spiro atoms. The number of carboxylic acid groups (broad SMARTS) is 1. The van der Waals surface area contributed by atoms with Gasteiger partial charge in [-0.15, -0.1) is 35.9 Å². The monoisotopic (exact) mass is 1100 g/mol. The van der Waals surface area contributed by atoms with Crippen LogP contribution >= 0.6 is 35.9 Å². The Kier molecular flexibility index (Phi) is 19.9. The van der Waals surface area contributed by atoms with E-state index in [9.17, 15) is 19.5 Å². The summed E-state index contributed by atoms with van der Waals surface area (Å²) in [6.45, 7) is 10.8. The van der Waals surface area contributed by atoms with Crippen LogP contribution in [0.1, 0.15) is 91.5 Å². The van der Waals surface area contributed by atoms with Crippen LogP contribution in [0.2, 0.25) is 0 Å². The largest absolute Gasteiger partial charge is 0.480 e. The molecular weight excluding hydrogens is 1030 g/mol. The molecule has 8 aromatic rings. The minimum Gasteiger partial charge on any atom is -0.480 e. The molecule has 0 fully saturated rings. The summed E-state index contributed by atoms with van der Waals surface area (Å²) >= 11 is 3.20. The summed E-state index contributed by atoms with van der Waals surface area (Å²) in [4.78, 5) is 38.7. The molecule has 0 saturated heterocycles. The molecule has 0 aromatic heterocycles. The molecule has 0 unspecified atom stereocenters. The maximum Gasteiger partial charge on any atom is 0.407 e. The van der Waals surface area contributed by atoms with Gasteiger partial charge in [0.2, 0.25) is 5.91 Å². The fourth-order valence-electron chi connectivity index (χ4n) is 10.8. The van der Waals surface area contributed by atoms with Gasteiger partial charge in [-0.1, -0.05) is 251 Å².